The number of anilines is 2. The number of carbonyl (C=O) groups is 1. The molecule has 4 N–H and O–H groups in total. The predicted molar refractivity (Wildman–Crippen MR) is 143 cm³/mol. The third kappa shape index (κ3) is 8.34. The first-order valence-corrected chi connectivity index (χ1v) is 13.9. The summed E-state index contributed by atoms with van der Waals surface area (Å²) < 4.78 is 47.6. The van der Waals surface area contributed by atoms with Crippen LogP contribution >= 0.6 is 11.6 Å². The Bertz CT molecular complexity index is 1340. The monoisotopic (exact) mass is 555 g/mol. The lowest BCUT2D eigenvalue weighted by Crippen LogP contribution is -2.21. The number of nitrogens with zero attached hydrogens (tertiary/aromatic N) is 4. The summed E-state index contributed by atoms with van der Waals surface area (Å²) in [6.45, 7) is 0.831. The van der Waals surface area contributed by atoms with Crippen molar-refractivity contribution in [2.45, 2.75) is 18.6 Å². The summed E-state index contributed by atoms with van der Waals surface area (Å²) in [6, 6.07) is 8.51. The van der Waals surface area contributed by atoms with Gasteiger partial charge < -0.3 is 25.0 Å². The van der Waals surface area contributed by atoms with Crippen molar-refractivity contribution in [2.75, 3.05) is 37.1 Å². The van der Waals surface area contributed by atoms with Gasteiger partial charge in [-0.25, -0.2) is 23.5 Å². The van der Waals surface area contributed by atoms with Gasteiger partial charge in [0.1, 0.15) is 34.2 Å². The molecule has 0 aliphatic rings. The average molecular weight is 556 g/mol. The minimum atomic E-state index is -3.04. The van der Waals surface area contributed by atoms with E-state index in [1.807, 2.05) is 11.9 Å². The normalized spacial score (nSPS) is 11.7. The van der Waals surface area contributed by atoms with Crippen LogP contribution in [0.5, 0.6) is 5.75 Å². The van der Waals surface area contributed by atoms with Crippen LogP contribution in [0.4, 0.5) is 25.2 Å². The van der Waals surface area contributed by atoms with Gasteiger partial charge in [0.2, 0.25) is 0 Å². The van der Waals surface area contributed by atoms with Crippen molar-refractivity contribution in [1.82, 2.24) is 9.97 Å². The van der Waals surface area contributed by atoms with Crippen LogP contribution in [0.1, 0.15) is 18.4 Å². The molecule has 2 heterocycles. The quantitative estimate of drug-likeness (QED) is 0.150. The van der Waals surface area contributed by atoms with Gasteiger partial charge in [-0.3, -0.25) is 0 Å². The number of pyridine rings is 2. The van der Waals surface area contributed by atoms with E-state index >= 15 is 0 Å². The molecule has 2 aromatic heterocycles. The number of hydrogen-bond donors (Lipinski definition) is 4. The first-order valence-electron chi connectivity index (χ1n) is 11.2. The van der Waals surface area contributed by atoms with Crippen LogP contribution < -0.4 is 15.4 Å². The lowest BCUT2D eigenvalue weighted by molar-refractivity contribution is 0.206. The van der Waals surface area contributed by atoms with E-state index in [4.69, 9.17) is 27.2 Å². The van der Waals surface area contributed by atoms with E-state index in [1.54, 1.807) is 12.1 Å². The van der Waals surface area contributed by atoms with Gasteiger partial charge in [0.25, 0.3) is 0 Å². The van der Waals surface area contributed by atoms with Crippen LogP contribution in [0.2, 0.25) is 5.15 Å². The topological polar surface area (TPSA) is 134 Å². The fraction of sp³-hybridized carbons (Fsp3) is 0.292. The fourth-order valence-corrected chi connectivity index (χ4v) is 5.17. The Morgan fingerprint density at radius 2 is 1.97 bits per heavy atom. The number of amides is 1. The summed E-state index contributed by atoms with van der Waals surface area (Å²) in [4.78, 5) is 20.7. The van der Waals surface area contributed by atoms with Gasteiger partial charge in [0.05, 0.1) is 12.8 Å². The molecule has 0 saturated heterocycles. The van der Waals surface area contributed by atoms with Gasteiger partial charge in [-0.2, -0.15) is 4.36 Å². The largest absolute Gasteiger partial charge is 0.493 e. The van der Waals surface area contributed by atoms with Crippen molar-refractivity contribution in [1.29, 1.82) is 0 Å². The second kappa shape index (κ2) is 12.3. The molecular weight excluding hydrogens is 528 g/mol. The highest BCUT2D eigenvalue weighted by molar-refractivity contribution is 7.98. The number of nitrogens with two attached hydrogens (primary N) is 1. The van der Waals surface area contributed by atoms with E-state index in [1.165, 1.54) is 30.5 Å². The maximum Gasteiger partial charge on any atom is 0.437 e. The van der Waals surface area contributed by atoms with Gasteiger partial charge >= 0.3 is 6.09 Å². The maximum absolute atomic E-state index is 14.3. The molecule has 1 amide bonds. The van der Waals surface area contributed by atoms with Gasteiger partial charge in [-0.05, 0) is 55.0 Å². The molecular formula is C24H28ClF2N5O4S. The summed E-state index contributed by atoms with van der Waals surface area (Å²) in [6.07, 6.45) is 2.28. The zero-order valence-corrected chi connectivity index (χ0v) is 21.9. The Morgan fingerprint density at radius 3 is 2.70 bits per heavy atom. The number of benzene rings is 1. The molecule has 13 heteroatoms. The Kier molecular flexibility index (Phi) is 9.35. The second-order valence-electron chi connectivity index (χ2n) is 8.49. The third-order valence-corrected chi connectivity index (χ3v) is 7.03. The van der Waals surface area contributed by atoms with Crippen LogP contribution in [0, 0.1) is 11.6 Å². The van der Waals surface area contributed by atoms with Gasteiger partial charge in [0.15, 0.2) is 0 Å². The molecule has 0 bridgehead atoms. The Balaban J connectivity index is 1.60. The molecule has 0 fully saturated rings. The Hall–Kier alpha value is -3.35. The number of rotatable bonds is 10. The zero-order valence-electron chi connectivity index (χ0n) is 20.2. The van der Waals surface area contributed by atoms with Gasteiger partial charge in [-0.1, -0.05) is 21.7 Å². The van der Waals surface area contributed by atoms with E-state index in [-0.39, 0.29) is 34.6 Å². The van der Waals surface area contributed by atoms with E-state index in [0.29, 0.717) is 36.3 Å². The number of hydrogen-bond acceptors (Lipinski definition) is 6. The van der Waals surface area contributed by atoms with E-state index < -0.39 is 27.8 Å². The molecule has 0 aliphatic carbocycles. The van der Waals surface area contributed by atoms with Crippen LogP contribution in [0.3, 0.4) is 0 Å². The van der Waals surface area contributed by atoms with Crippen LogP contribution in [-0.2, 0) is 15.9 Å². The molecule has 37 heavy (non-hydrogen) atoms. The summed E-state index contributed by atoms with van der Waals surface area (Å²) in [5, 5.41) is 9.06. The van der Waals surface area contributed by atoms with Crippen molar-refractivity contribution in [3.8, 4) is 16.9 Å². The molecule has 0 radical (unpaired) electrons. The molecule has 0 unspecified atom stereocenters. The summed E-state index contributed by atoms with van der Waals surface area (Å²) in [7, 11) is -1.22. The first kappa shape index (κ1) is 28.2. The summed E-state index contributed by atoms with van der Waals surface area (Å²) in [5.74, 6) is -0.176. The van der Waals surface area contributed by atoms with Crippen molar-refractivity contribution in [3.63, 3.8) is 0 Å². The highest BCUT2D eigenvalue weighted by Gasteiger charge is 2.14. The van der Waals surface area contributed by atoms with E-state index in [9.17, 15) is 18.1 Å². The fourth-order valence-electron chi connectivity index (χ4n) is 3.63. The van der Waals surface area contributed by atoms with Crippen molar-refractivity contribution >= 4 is 39.4 Å². The van der Waals surface area contributed by atoms with Gasteiger partial charge in [0, 0.05) is 36.5 Å². The smallest absolute Gasteiger partial charge is 0.437 e. The van der Waals surface area contributed by atoms with E-state index in [2.05, 4.69) is 14.3 Å². The minimum absolute atomic E-state index is 0.0515. The van der Waals surface area contributed by atoms with E-state index in [0.717, 1.165) is 6.20 Å². The van der Waals surface area contributed by atoms with Gasteiger partial charge in [-0.15, -0.1) is 0 Å². The Labute approximate surface area is 219 Å². The number of carboxylic acid groups (broad SMARTS) is 1. The number of nitrogen functional groups attached to an aromatic ring is 1. The number of halogens is 3. The highest BCUT2D eigenvalue weighted by atomic mass is 35.5. The van der Waals surface area contributed by atoms with Crippen molar-refractivity contribution in [3.05, 3.63) is 64.9 Å². The second-order valence-corrected chi connectivity index (χ2v) is 11.6. The van der Waals surface area contributed by atoms with Crippen LogP contribution in [0.15, 0.2) is 47.0 Å². The molecule has 0 aliphatic heterocycles. The number of unbranched alkanes of at least 4 members (excludes halogenated alkanes) is 1. The average Bonchev–Trinajstić information content (AvgIpc) is 2.79. The van der Waals surface area contributed by atoms with Crippen LogP contribution in [-0.4, -0.2) is 52.2 Å². The number of ether oxygens (including phenoxy) is 1. The first-order chi connectivity index (χ1) is 17.4. The molecule has 9 nitrogen and oxygen atoms in total. The van der Waals surface area contributed by atoms with Crippen LogP contribution in [0.25, 0.3) is 11.1 Å². The number of aromatic nitrogens is 2. The maximum atomic E-state index is 14.3. The highest BCUT2D eigenvalue weighted by Crippen LogP contribution is 2.33. The van der Waals surface area contributed by atoms with Crippen molar-refractivity contribution in [2.24, 2.45) is 4.36 Å². The molecule has 1 aromatic carbocycles. The molecule has 0 saturated carbocycles. The molecule has 200 valence electrons. The molecule has 0 atom stereocenters. The molecule has 3 aromatic rings. The zero-order chi connectivity index (χ0) is 27.2. The third-order valence-electron chi connectivity index (χ3n) is 5.27. The lowest BCUT2D eigenvalue weighted by Gasteiger charge is -2.21. The predicted octanol–water partition coefficient (Wildman–Crippen LogP) is 5.30. The Morgan fingerprint density at radius 1 is 1.22 bits per heavy atom. The molecule has 0 spiro atoms. The van der Waals surface area contributed by atoms with Crippen molar-refractivity contribution < 1.29 is 28.0 Å². The summed E-state index contributed by atoms with van der Waals surface area (Å²) in [5.41, 5.74) is 6.84. The SMILES string of the molecule is CN(CCCCOc1cc(F)ccc1-c1cc(N)ncc1F)c1cc(C[SH](C)(O)=NC(=O)O)cc(Cl)n1. The standard InChI is InChI=1S/C24H28ClF2N5O4S/c1-32(23-10-15(9-21(25)30-23)14-37(2,35)31-24(33)34)7-3-4-8-36-20-11-16(26)5-6-17(20)18-12-22(28)29-13-19(18)27/h5-6,9-13,37H,3-4,7-8,14H2,1-2H3,(H2,28,29)(H,31,35)(H,33,34). The summed E-state index contributed by atoms with van der Waals surface area (Å²) >= 11 is 6.14. The minimum Gasteiger partial charge on any atom is -0.493 e. The molecule has 3 rings (SSSR count). The number of thiol groups is 1. The lowest BCUT2D eigenvalue weighted by atomic mass is 10.0.